The first kappa shape index (κ1) is 18.8. The summed E-state index contributed by atoms with van der Waals surface area (Å²) in [5, 5.41) is 13.3. The van der Waals surface area contributed by atoms with Crippen molar-refractivity contribution in [2.24, 2.45) is 0 Å². The quantitative estimate of drug-likeness (QED) is 0.689. The van der Waals surface area contributed by atoms with Crippen molar-refractivity contribution in [2.75, 3.05) is 29.6 Å². The Labute approximate surface area is 150 Å². The van der Waals surface area contributed by atoms with E-state index in [1.807, 2.05) is 19.1 Å². The van der Waals surface area contributed by atoms with Crippen molar-refractivity contribution < 1.29 is 9.90 Å². The summed E-state index contributed by atoms with van der Waals surface area (Å²) in [5.41, 5.74) is 1.39. The van der Waals surface area contributed by atoms with Crippen molar-refractivity contribution in [3.8, 4) is 5.69 Å². The predicted octanol–water partition coefficient (Wildman–Crippen LogP) is 2.78. The van der Waals surface area contributed by atoms with Crippen LogP contribution in [0.3, 0.4) is 0 Å². The van der Waals surface area contributed by atoms with Crippen LogP contribution in [0.25, 0.3) is 5.69 Å². The van der Waals surface area contributed by atoms with E-state index in [1.165, 1.54) is 0 Å². The zero-order valence-electron chi connectivity index (χ0n) is 13.6. The van der Waals surface area contributed by atoms with Gasteiger partial charge >= 0.3 is 0 Å². The minimum Gasteiger partial charge on any atom is -0.396 e. The first-order valence-corrected chi connectivity index (χ1v) is 9.35. The van der Waals surface area contributed by atoms with E-state index in [1.54, 1.807) is 39.9 Å². The summed E-state index contributed by atoms with van der Waals surface area (Å²) in [6.07, 6.45) is 6.30. The molecule has 6 nitrogen and oxygen atoms in total. The van der Waals surface area contributed by atoms with Crippen molar-refractivity contribution >= 4 is 35.0 Å². The van der Waals surface area contributed by atoms with Gasteiger partial charge in [0.25, 0.3) is 0 Å². The average Bonchev–Trinajstić information content (AvgIpc) is 2.98. The number of aromatic nitrogens is 3. The molecule has 0 radical (unpaired) electrons. The summed E-state index contributed by atoms with van der Waals surface area (Å²) >= 11 is 7.90. The fourth-order valence-electron chi connectivity index (χ4n) is 2.19. The van der Waals surface area contributed by atoms with E-state index in [0.29, 0.717) is 23.8 Å². The number of pyridine rings is 1. The number of carbonyl (C=O) groups is 1. The highest BCUT2D eigenvalue weighted by molar-refractivity contribution is 7.99. The summed E-state index contributed by atoms with van der Waals surface area (Å²) < 4.78 is 1.62. The number of anilines is 1. The van der Waals surface area contributed by atoms with E-state index >= 15 is 0 Å². The lowest BCUT2D eigenvalue weighted by Crippen LogP contribution is -2.30. The molecule has 0 unspecified atom stereocenters. The lowest BCUT2D eigenvalue weighted by molar-refractivity contribution is -0.118. The van der Waals surface area contributed by atoms with Gasteiger partial charge in [0.15, 0.2) is 5.15 Å². The van der Waals surface area contributed by atoms with Gasteiger partial charge in [-0.05, 0) is 31.2 Å². The van der Waals surface area contributed by atoms with Crippen LogP contribution < -0.4 is 4.90 Å². The van der Waals surface area contributed by atoms with Crippen molar-refractivity contribution in [3.05, 3.63) is 35.9 Å². The van der Waals surface area contributed by atoms with Crippen LogP contribution in [-0.4, -0.2) is 50.4 Å². The van der Waals surface area contributed by atoms with Crippen LogP contribution in [0.5, 0.6) is 0 Å². The minimum absolute atomic E-state index is 0.0154. The van der Waals surface area contributed by atoms with Crippen LogP contribution in [0.4, 0.5) is 5.69 Å². The van der Waals surface area contributed by atoms with Crippen molar-refractivity contribution in [1.82, 2.24) is 14.8 Å². The molecule has 0 aliphatic rings. The molecular weight excluding hydrogens is 348 g/mol. The Morgan fingerprint density at radius 3 is 2.96 bits per heavy atom. The van der Waals surface area contributed by atoms with Gasteiger partial charge in [-0.1, -0.05) is 11.6 Å². The van der Waals surface area contributed by atoms with Crippen LogP contribution in [0.15, 0.2) is 30.7 Å². The van der Waals surface area contributed by atoms with E-state index in [4.69, 9.17) is 16.7 Å². The third-order valence-corrected chi connectivity index (χ3v) is 4.72. The fourth-order valence-corrected chi connectivity index (χ4v) is 3.28. The molecule has 0 saturated carbocycles. The van der Waals surface area contributed by atoms with Gasteiger partial charge in [-0.15, -0.1) is 0 Å². The van der Waals surface area contributed by atoms with Crippen LogP contribution >= 0.6 is 23.4 Å². The highest BCUT2D eigenvalue weighted by Gasteiger charge is 2.20. The fraction of sp³-hybridized carbons (Fsp3) is 0.438. The van der Waals surface area contributed by atoms with E-state index < -0.39 is 0 Å². The molecule has 8 heteroatoms. The van der Waals surface area contributed by atoms with Gasteiger partial charge in [-0.3, -0.25) is 9.78 Å². The second-order valence-corrected chi connectivity index (χ2v) is 6.62. The van der Waals surface area contributed by atoms with Gasteiger partial charge in [0.05, 0.1) is 18.1 Å². The number of hydrogen-bond donors (Lipinski definition) is 1. The zero-order chi connectivity index (χ0) is 17.4. The van der Waals surface area contributed by atoms with E-state index in [2.05, 4.69) is 10.1 Å². The van der Waals surface area contributed by atoms with Gasteiger partial charge in [-0.25, -0.2) is 4.68 Å². The molecule has 0 aliphatic carbocycles. The van der Waals surface area contributed by atoms with E-state index in [-0.39, 0.29) is 12.5 Å². The Morgan fingerprint density at radius 1 is 1.46 bits per heavy atom. The molecule has 0 bridgehead atoms. The highest BCUT2D eigenvalue weighted by atomic mass is 35.5. The third-order valence-electron chi connectivity index (χ3n) is 3.38. The number of rotatable bonds is 9. The van der Waals surface area contributed by atoms with Gasteiger partial charge in [-0.2, -0.15) is 16.9 Å². The Kier molecular flexibility index (Phi) is 7.55. The molecule has 2 heterocycles. The van der Waals surface area contributed by atoms with Crippen LogP contribution in [0.2, 0.25) is 5.15 Å². The molecule has 2 aromatic rings. The summed E-state index contributed by atoms with van der Waals surface area (Å²) in [4.78, 5) is 18.2. The molecule has 0 fully saturated rings. The highest BCUT2D eigenvalue weighted by Crippen LogP contribution is 2.26. The summed E-state index contributed by atoms with van der Waals surface area (Å²) in [7, 11) is 0. The average molecular weight is 369 g/mol. The molecule has 1 amide bonds. The van der Waals surface area contributed by atoms with Gasteiger partial charge in [0.1, 0.15) is 5.69 Å². The summed E-state index contributed by atoms with van der Waals surface area (Å²) in [5.74, 6) is 1.60. The predicted molar refractivity (Wildman–Crippen MR) is 98.0 cm³/mol. The number of carbonyl (C=O) groups excluding carboxylic acids is 1. The number of halogens is 1. The SMILES string of the molecule is CCN(C(=O)CCSCCCO)c1cn(-c2cccnc2)nc1Cl. The van der Waals surface area contributed by atoms with E-state index in [9.17, 15) is 4.79 Å². The number of aliphatic hydroxyl groups excluding tert-OH is 1. The molecule has 130 valence electrons. The Balaban J connectivity index is 2.04. The molecule has 0 aliphatic heterocycles. The number of hydrogen-bond acceptors (Lipinski definition) is 5. The van der Waals surface area contributed by atoms with Gasteiger partial charge in [0.2, 0.25) is 5.91 Å². The topological polar surface area (TPSA) is 71.2 Å². The van der Waals surface area contributed by atoms with Crippen molar-refractivity contribution in [3.63, 3.8) is 0 Å². The normalized spacial score (nSPS) is 10.8. The Morgan fingerprint density at radius 2 is 2.29 bits per heavy atom. The van der Waals surface area contributed by atoms with Crippen LogP contribution in [-0.2, 0) is 4.79 Å². The van der Waals surface area contributed by atoms with Crippen molar-refractivity contribution in [2.45, 2.75) is 19.8 Å². The number of amides is 1. The maximum absolute atomic E-state index is 12.5. The third kappa shape index (κ3) is 4.96. The lowest BCUT2D eigenvalue weighted by Gasteiger charge is -2.19. The number of thioether (sulfide) groups is 1. The second-order valence-electron chi connectivity index (χ2n) is 5.04. The summed E-state index contributed by atoms with van der Waals surface area (Å²) in [6.45, 7) is 2.62. The maximum atomic E-state index is 12.5. The van der Waals surface area contributed by atoms with E-state index in [0.717, 1.165) is 23.6 Å². The van der Waals surface area contributed by atoms with Gasteiger partial charge in [0, 0.05) is 31.5 Å². The van der Waals surface area contributed by atoms with Crippen LogP contribution in [0.1, 0.15) is 19.8 Å². The standard InChI is InChI=1S/C16H21ClN4O2S/c1-2-20(15(23)6-10-24-9-4-8-22)14-12-21(19-16(14)17)13-5-3-7-18-11-13/h3,5,7,11-12,22H,2,4,6,8-10H2,1H3. The second kappa shape index (κ2) is 9.66. The molecular formula is C16H21ClN4O2S. The molecule has 0 aromatic carbocycles. The largest absolute Gasteiger partial charge is 0.396 e. The first-order valence-electron chi connectivity index (χ1n) is 7.82. The molecule has 1 N–H and O–H groups in total. The molecule has 2 rings (SSSR count). The monoisotopic (exact) mass is 368 g/mol. The summed E-state index contributed by atoms with van der Waals surface area (Å²) in [6, 6.07) is 3.69. The van der Waals surface area contributed by atoms with Gasteiger partial charge < -0.3 is 10.0 Å². The smallest absolute Gasteiger partial charge is 0.227 e. The minimum atomic E-state index is 0.0154. The first-order chi connectivity index (χ1) is 11.7. The Bertz CT molecular complexity index is 651. The maximum Gasteiger partial charge on any atom is 0.227 e. The molecule has 0 spiro atoms. The van der Waals surface area contributed by atoms with Crippen molar-refractivity contribution in [1.29, 1.82) is 0 Å². The lowest BCUT2D eigenvalue weighted by atomic mass is 10.3. The number of nitrogens with zero attached hydrogens (tertiary/aromatic N) is 4. The molecule has 0 saturated heterocycles. The van der Waals surface area contributed by atoms with Crippen LogP contribution in [0, 0.1) is 0 Å². The molecule has 24 heavy (non-hydrogen) atoms. The zero-order valence-corrected chi connectivity index (χ0v) is 15.1. The Hall–Kier alpha value is -1.57. The molecule has 0 atom stereocenters. The molecule has 2 aromatic heterocycles. The number of aliphatic hydroxyl groups is 1.